The quantitative estimate of drug-likeness (QED) is 0.556. The van der Waals surface area contributed by atoms with Gasteiger partial charge >= 0.3 is 0 Å². The molecule has 0 saturated carbocycles. The van der Waals surface area contributed by atoms with Gasteiger partial charge in [0.25, 0.3) is 0 Å². The Labute approximate surface area is 69.1 Å². The Bertz CT molecular complexity index is 193. The topological polar surface area (TPSA) is 3.24 Å². The van der Waals surface area contributed by atoms with Crippen LogP contribution in [0.25, 0.3) is 0 Å². The van der Waals surface area contributed by atoms with Crippen molar-refractivity contribution in [2.75, 3.05) is 6.54 Å². The summed E-state index contributed by atoms with van der Waals surface area (Å²) in [7, 11) is 0. The lowest BCUT2D eigenvalue weighted by Gasteiger charge is -2.40. The fourth-order valence-corrected chi connectivity index (χ4v) is 2.34. The Balaban J connectivity index is 2.14. The first-order chi connectivity index (χ1) is 5.33. The van der Waals surface area contributed by atoms with E-state index in [0.717, 1.165) is 6.04 Å². The maximum Gasteiger partial charge on any atom is 0.0408 e. The number of nitrogens with zero attached hydrogens (tertiary/aromatic N) is 1. The second-order valence-corrected chi connectivity index (χ2v) is 3.77. The van der Waals surface area contributed by atoms with Gasteiger partial charge in [-0.2, -0.15) is 0 Å². The summed E-state index contributed by atoms with van der Waals surface area (Å²) in [6, 6.07) is 0.862. The molecule has 0 aromatic rings. The smallest absolute Gasteiger partial charge is 0.0408 e. The monoisotopic (exact) mass is 151 g/mol. The van der Waals surface area contributed by atoms with Gasteiger partial charge in [-0.3, -0.25) is 0 Å². The molecule has 3 heterocycles. The normalized spacial score (nSPS) is 30.0. The molecule has 1 fully saturated rings. The van der Waals surface area contributed by atoms with E-state index in [-0.39, 0.29) is 0 Å². The number of fused-ring (bicyclic) bond motifs is 3. The third-order valence-corrected chi connectivity index (χ3v) is 3.23. The SMILES string of the molecule is CCC1CCCC2=C(C)N1C2. The third-order valence-electron chi connectivity index (χ3n) is 3.23. The van der Waals surface area contributed by atoms with Crippen molar-refractivity contribution in [1.29, 1.82) is 0 Å². The Hall–Kier alpha value is -0.460. The highest BCUT2D eigenvalue weighted by Crippen LogP contribution is 2.35. The Kier molecular flexibility index (Phi) is 1.67. The van der Waals surface area contributed by atoms with Crippen LogP contribution in [0.5, 0.6) is 0 Å². The Morgan fingerprint density at radius 1 is 1.55 bits per heavy atom. The van der Waals surface area contributed by atoms with Crippen molar-refractivity contribution in [3.05, 3.63) is 11.3 Å². The van der Waals surface area contributed by atoms with Crippen LogP contribution in [0.1, 0.15) is 39.5 Å². The summed E-state index contributed by atoms with van der Waals surface area (Å²) in [5.41, 5.74) is 3.32. The first-order valence-corrected chi connectivity index (χ1v) is 4.78. The van der Waals surface area contributed by atoms with Gasteiger partial charge in [0, 0.05) is 18.3 Å². The summed E-state index contributed by atoms with van der Waals surface area (Å²) < 4.78 is 0. The largest absolute Gasteiger partial charge is 0.368 e. The van der Waals surface area contributed by atoms with Crippen molar-refractivity contribution < 1.29 is 0 Å². The lowest BCUT2D eigenvalue weighted by molar-refractivity contribution is 0.229. The molecule has 1 nitrogen and oxygen atoms in total. The number of allylic oxidation sites excluding steroid dienone is 1. The number of hydrogen-bond acceptors (Lipinski definition) is 1. The zero-order valence-corrected chi connectivity index (χ0v) is 7.56. The predicted molar refractivity (Wildman–Crippen MR) is 47.3 cm³/mol. The molecule has 1 unspecified atom stereocenters. The minimum absolute atomic E-state index is 0.862. The van der Waals surface area contributed by atoms with E-state index < -0.39 is 0 Å². The molecule has 3 rings (SSSR count). The molecule has 0 spiro atoms. The molecule has 0 aromatic heterocycles. The zero-order chi connectivity index (χ0) is 7.84. The molecule has 0 aromatic carbocycles. The van der Waals surface area contributed by atoms with Crippen molar-refractivity contribution in [3.8, 4) is 0 Å². The van der Waals surface area contributed by atoms with Gasteiger partial charge in [-0.05, 0) is 38.2 Å². The maximum absolute atomic E-state index is 2.59. The van der Waals surface area contributed by atoms with Gasteiger partial charge in [-0.25, -0.2) is 0 Å². The Morgan fingerprint density at radius 2 is 2.36 bits per heavy atom. The number of hydrogen-bond donors (Lipinski definition) is 0. The Morgan fingerprint density at radius 3 is 3.00 bits per heavy atom. The van der Waals surface area contributed by atoms with Gasteiger partial charge in [0.2, 0.25) is 0 Å². The molecule has 0 N–H and O–H groups in total. The average Bonchev–Trinajstić information content (AvgIpc) is 2.32. The predicted octanol–water partition coefficient (Wildman–Crippen LogP) is 2.54. The molecule has 3 aliphatic rings. The molecule has 0 amide bonds. The summed E-state index contributed by atoms with van der Waals surface area (Å²) in [6.07, 6.45) is 5.53. The maximum atomic E-state index is 2.59. The van der Waals surface area contributed by atoms with Crippen molar-refractivity contribution in [2.24, 2.45) is 0 Å². The average molecular weight is 151 g/mol. The van der Waals surface area contributed by atoms with Crippen molar-refractivity contribution in [2.45, 2.75) is 45.6 Å². The summed E-state index contributed by atoms with van der Waals surface area (Å²) >= 11 is 0. The van der Waals surface area contributed by atoms with Crippen molar-refractivity contribution in [1.82, 2.24) is 4.90 Å². The fraction of sp³-hybridized carbons (Fsp3) is 0.800. The highest BCUT2D eigenvalue weighted by Gasteiger charge is 2.30. The van der Waals surface area contributed by atoms with Crippen LogP contribution in [0.3, 0.4) is 0 Å². The summed E-state index contributed by atoms with van der Waals surface area (Å²) in [5, 5.41) is 0. The molecule has 3 aliphatic heterocycles. The van der Waals surface area contributed by atoms with E-state index in [2.05, 4.69) is 18.7 Å². The lowest BCUT2D eigenvalue weighted by atomic mass is 10.0. The van der Waals surface area contributed by atoms with E-state index in [1.165, 1.54) is 32.2 Å². The van der Waals surface area contributed by atoms with Crippen LogP contribution < -0.4 is 0 Å². The second-order valence-electron chi connectivity index (χ2n) is 3.77. The van der Waals surface area contributed by atoms with Crippen LogP contribution in [0, 0.1) is 0 Å². The molecule has 0 aliphatic carbocycles. The summed E-state index contributed by atoms with van der Waals surface area (Å²) in [5.74, 6) is 0. The van der Waals surface area contributed by atoms with E-state index >= 15 is 0 Å². The molecular formula is C10H17N. The van der Waals surface area contributed by atoms with Crippen LogP contribution in [-0.2, 0) is 0 Å². The molecule has 1 saturated heterocycles. The van der Waals surface area contributed by atoms with Gasteiger partial charge in [-0.15, -0.1) is 0 Å². The molecule has 11 heavy (non-hydrogen) atoms. The van der Waals surface area contributed by atoms with Crippen molar-refractivity contribution in [3.63, 3.8) is 0 Å². The van der Waals surface area contributed by atoms with E-state index in [4.69, 9.17) is 0 Å². The van der Waals surface area contributed by atoms with Gasteiger partial charge in [0.15, 0.2) is 0 Å². The van der Waals surface area contributed by atoms with Gasteiger partial charge in [0.05, 0.1) is 0 Å². The lowest BCUT2D eigenvalue weighted by Crippen LogP contribution is -2.40. The fourth-order valence-electron chi connectivity index (χ4n) is 2.34. The van der Waals surface area contributed by atoms with E-state index in [9.17, 15) is 0 Å². The second kappa shape index (κ2) is 2.54. The van der Waals surface area contributed by atoms with Crippen molar-refractivity contribution >= 4 is 0 Å². The van der Waals surface area contributed by atoms with E-state index in [0.29, 0.717) is 0 Å². The van der Waals surface area contributed by atoms with Crippen LogP contribution in [-0.4, -0.2) is 17.5 Å². The van der Waals surface area contributed by atoms with Crippen LogP contribution in [0.15, 0.2) is 11.3 Å². The van der Waals surface area contributed by atoms with Gasteiger partial charge in [-0.1, -0.05) is 6.92 Å². The molecular weight excluding hydrogens is 134 g/mol. The molecule has 0 radical (unpaired) electrons. The molecule has 2 bridgehead atoms. The van der Waals surface area contributed by atoms with Gasteiger partial charge in [0.1, 0.15) is 0 Å². The highest BCUT2D eigenvalue weighted by molar-refractivity contribution is 5.25. The molecule has 62 valence electrons. The standard InChI is InChI=1S/C10H17N/c1-3-10-6-4-5-9-7-11(10)8(9)2/h10H,3-7H2,1-2H3. The number of rotatable bonds is 1. The first kappa shape index (κ1) is 7.20. The van der Waals surface area contributed by atoms with Gasteiger partial charge < -0.3 is 4.90 Å². The third kappa shape index (κ3) is 0.979. The van der Waals surface area contributed by atoms with E-state index in [1.807, 2.05) is 0 Å². The molecule has 1 heteroatoms. The summed E-state index contributed by atoms with van der Waals surface area (Å²) in [6.45, 7) is 5.87. The van der Waals surface area contributed by atoms with Crippen LogP contribution in [0.4, 0.5) is 0 Å². The molecule has 1 atom stereocenters. The highest BCUT2D eigenvalue weighted by atomic mass is 15.2. The first-order valence-electron chi connectivity index (χ1n) is 4.78. The minimum atomic E-state index is 0.862. The zero-order valence-electron chi connectivity index (χ0n) is 7.56. The minimum Gasteiger partial charge on any atom is -0.368 e. The van der Waals surface area contributed by atoms with E-state index in [1.54, 1.807) is 11.3 Å². The van der Waals surface area contributed by atoms with Crippen LogP contribution >= 0.6 is 0 Å². The summed E-state index contributed by atoms with van der Waals surface area (Å²) in [4.78, 5) is 2.59. The van der Waals surface area contributed by atoms with Crippen LogP contribution in [0.2, 0.25) is 0 Å².